The summed E-state index contributed by atoms with van der Waals surface area (Å²) in [6.07, 6.45) is 8.69. The van der Waals surface area contributed by atoms with Crippen LogP contribution in [0.5, 0.6) is 0 Å². The molecule has 4 aliphatic carbocycles. The average molecular weight is 322 g/mol. The quantitative estimate of drug-likeness (QED) is 0.782. The van der Waals surface area contributed by atoms with Gasteiger partial charge in [-0.2, -0.15) is 5.10 Å². The van der Waals surface area contributed by atoms with Gasteiger partial charge in [-0.3, -0.25) is 4.79 Å². The number of rotatable bonds is 2. The van der Waals surface area contributed by atoms with Crippen LogP contribution in [0.1, 0.15) is 56.1 Å². The highest BCUT2D eigenvalue weighted by Crippen LogP contribution is 2.61. The van der Waals surface area contributed by atoms with Gasteiger partial charge in [0.1, 0.15) is 0 Å². The fraction of sp³-hybridized carbons (Fsp3) is 0.619. The molecule has 0 saturated heterocycles. The van der Waals surface area contributed by atoms with E-state index in [1.165, 1.54) is 49.8 Å². The third-order valence-corrected chi connectivity index (χ3v) is 7.01. The van der Waals surface area contributed by atoms with Crippen molar-refractivity contribution < 1.29 is 4.79 Å². The van der Waals surface area contributed by atoms with Crippen LogP contribution in [0, 0.1) is 37.0 Å². The SMILES string of the molecule is Cc1ccc(N2N=C(C34CC5CC(CC(C5)C3)C4)CC2=O)c(C)c1. The second kappa shape index (κ2) is 4.93. The van der Waals surface area contributed by atoms with Crippen LogP contribution in [0.15, 0.2) is 23.3 Å². The van der Waals surface area contributed by atoms with E-state index in [-0.39, 0.29) is 11.3 Å². The molecule has 0 aromatic heterocycles. The van der Waals surface area contributed by atoms with Crippen LogP contribution < -0.4 is 5.01 Å². The van der Waals surface area contributed by atoms with Gasteiger partial charge in [0.2, 0.25) is 0 Å². The van der Waals surface area contributed by atoms with Gasteiger partial charge in [-0.05, 0) is 81.8 Å². The monoisotopic (exact) mass is 322 g/mol. The molecule has 3 nitrogen and oxygen atoms in total. The minimum atomic E-state index is 0.160. The average Bonchev–Trinajstić information content (AvgIpc) is 2.88. The molecule has 0 unspecified atom stereocenters. The van der Waals surface area contributed by atoms with E-state index in [9.17, 15) is 4.79 Å². The Morgan fingerprint density at radius 3 is 2.25 bits per heavy atom. The highest BCUT2D eigenvalue weighted by molar-refractivity contribution is 6.15. The molecule has 1 aromatic rings. The van der Waals surface area contributed by atoms with E-state index in [1.807, 2.05) is 0 Å². The number of aryl methyl sites for hydroxylation is 2. The first kappa shape index (κ1) is 14.7. The number of hydrogen-bond acceptors (Lipinski definition) is 2. The molecule has 0 radical (unpaired) electrons. The number of nitrogens with zero attached hydrogens (tertiary/aromatic N) is 2. The van der Waals surface area contributed by atoms with Crippen molar-refractivity contribution in [2.45, 2.75) is 58.8 Å². The number of anilines is 1. The second-order valence-corrected chi connectivity index (χ2v) is 8.92. The lowest BCUT2D eigenvalue weighted by atomic mass is 9.48. The van der Waals surface area contributed by atoms with E-state index in [0.29, 0.717) is 6.42 Å². The van der Waals surface area contributed by atoms with Crippen LogP contribution in [-0.4, -0.2) is 11.6 Å². The maximum Gasteiger partial charge on any atom is 0.253 e. The van der Waals surface area contributed by atoms with Gasteiger partial charge in [0.25, 0.3) is 5.91 Å². The zero-order valence-corrected chi connectivity index (χ0v) is 14.7. The maximum absolute atomic E-state index is 12.7. The van der Waals surface area contributed by atoms with Crippen molar-refractivity contribution in [3.05, 3.63) is 29.3 Å². The predicted octanol–water partition coefficient (Wildman–Crippen LogP) is 4.61. The molecule has 1 aromatic carbocycles. The van der Waals surface area contributed by atoms with Crippen molar-refractivity contribution in [1.29, 1.82) is 0 Å². The third kappa shape index (κ3) is 2.09. The zero-order chi connectivity index (χ0) is 16.5. The maximum atomic E-state index is 12.7. The number of benzene rings is 1. The van der Waals surface area contributed by atoms with E-state index in [1.54, 1.807) is 5.01 Å². The van der Waals surface area contributed by atoms with E-state index < -0.39 is 0 Å². The Hall–Kier alpha value is -1.64. The van der Waals surface area contributed by atoms with Gasteiger partial charge in [-0.15, -0.1) is 0 Å². The highest BCUT2D eigenvalue weighted by atomic mass is 16.2. The van der Waals surface area contributed by atoms with Gasteiger partial charge in [-0.25, -0.2) is 5.01 Å². The molecule has 0 atom stereocenters. The molecule has 0 spiro atoms. The van der Waals surface area contributed by atoms with E-state index in [4.69, 9.17) is 5.10 Å². The van der Waals surface area contributed by atoms with Crippen molar-refractivity contribution >= 4 is 17.3 Å². The number of carbonyl (C=O) groups excluding carboxylic acids is 1. The van der Waals surface area contributed by atoms with Crippen molar-refractivity contribution in [2.75, 3.05) is 5.01 Å². The van der Waals surface area contributed by atoms with Gasteiger partial charge in [0, 0.05) is 5.41 Å². The second-order valence-electron chi connectivity index (χ2n) is 8.92. The molecule has 4 saturated carbocycles. The molecule has 5 aliphatic rings. The van der Waals surface area contributed by atoms with E-state index >= 15 is 0 Å². The summed E-state index contributed by atoms with van der Waals surface area (Å²) in [5, 5.41) is 6.62. The fourth-order valence-electron chi connectivity index (χ4n) is 6.42. The Morgan fingerprint density at radius 2 is 1.67 bits per heavy atom. The van der Waals surface area contributed by atoms with Crippen molar-refractivity contribution in [3.8, 4) is 0 Å². The summed E-state index contributed by atoms with van der Waals surface area (Å²) in [5.74, 6) is 2.84. The molecule has 1 aliphatic heterocycles. The van der Waals surface area contributed by atoms with Crippen LogP contribution in [0.2, 0.25) is 0 Å². The van der Waals surface area contributed by atoms with Crippen LogP contribution >= 0.6 is 0 Å². The molecule has 126 valence electrons. The lowest BCUT2D eigenvalue weighted by Gasteiger charge is -2.56. The summed E-state index contributed by atoms with van der Waals surface area (Å²) in [7, 11) is 0. The Balaban J connectivity index is 1.50. The van der Waals surface area contributed by atoms with E-state index in [0.717, 1.165) is 29.0 Å². The van der Waals surface area contributed by atoms with Crippen LogP contribution in [-0.2, 0) is 4.79 Å². The summed E-state index contributed by atoms with van der Waals surface area (Å²) in [4.78, 5) is 12.7. The summed E-state index contributed by atoms with van der Waals surface area (Å²) < 4.78 is 0. The van der Waals surface area contributed by atoms with Gasteiger partial charge in [-0.1, -0.05) is 17.7 Å². The van der Waals surface area contributed by atoms with Gasteiger partial charge in [0.05, 0.1) is 17.8 Å². The zero-order valence-electron chi connectivity index (χ0n) is 14.7. The minimum absolute atomic E-state index is 0.160. The summed E-state index contributed by atoms with van der Waals surface area (Å²) in [6, 6.07) is 6.27. The number of carbonyl (C=O) groups is 1. The largest absolute Gasteiger partial charge is 0.272 e. The predicted molar refractivity (Wildman–Crippen MR) is 96.1 cm³/mol. The van der Waals surface area contributed by atoms with Gasteiger partial charge < -0.3 is 0 Å². The Kier molecular flexibility index (Phi) is 3.02. The van der Waals surface area contributed by atoms with E-state index in [2.05, 4.69) is 32.0 Å². The third-order valence-electron chi connectivity index (χ3n) is 7.01. The molecular formula is C21H26N2O. The van der Waals surface area contributed by atoms with Crippen LogP contribution in [0.25, 0.3) is 0 Å². The summed E-state index contributed by atoms with van der Waals surface area (Å²) in [5.41, 5.74) is 4.78. The lowest BCUT2D eigenvalue weighted by Crippen LogP contribution is -2.49. The van der Waals surface area contributed by atoms with Crippen molar-refractivity contribution in [3.63, 3.8) is 0 Å². The molecular weight excluding hydrogens is 296 g/mol. The molecule has 0 N–H and O–H groups in total. The first-order valence-electron chi connectivity index (χ1n) is 9.50. The molecule has 6 rings (SSSR count). The Labute approximate surface area is 144 Å². The summed E-state index contributed by atoms with van der Waals surface area (Å²) in [6.45, 7) is 4.17. The standard InChI is InChI=1S/C21H26N2O/c1-13-3-4-18(14(2)5-13)23-20(24)9-19(22-23)21-10-15-6-16(11-21)8-17(7-15)12-21/h3-5,15-17H,6-12H2,1-2H3. The summed E-state index contributed by atoms with van der Waals surface area (Å²) >= 11 is 0. The first-order valence-corrected chi connectivity index (χ1v) is 9.50. The molecule has 1 heterocycles. The molecule has 4 fully saturated rings. The van der Waals surface area contributed by atoms with Gasteiger partial charge >= 0.3 is 0 Å². The van der Waals surface area contributed by atoms with Crippen molar-refractivity contribution in [1.82, 2.24) is 0 Å². The number of amides is 1. The van der Waals surface area contributed by atoms with Crippen molar-refractivity contribution in [2.24, 2.45) is 28.3 Å². The normalized spacial score (nSPS) is 37.2. The first-order chi connectivity index (χ1) is 11.5. The highest BCUT2D eigenvalue weighted by Gasteiger charge is 2.54. The molecule has 1 amide bonds. The minimum Gasteiger partial charge on any atom is -0.272 e. The smallest absolute Gasteiger partial charge is 0.253 e. The Morgan fingerprint density at radius 1 is 1.04 bits per heavy atom. The molecule has 24 heavy (non-hydrogen) atoms. The molecule has 4 bridgehead atoms. The van der Waals surface area contributed by atoms with Crippen LogP contribution in [0.4, 0.5) is 5.69 Å². The van der Waals surface area contributed by atoms with Gasteiger partial charge in [0.15, 0.2) is 0 Å². The molecule has 3 heteroatoms. The van der Waals surface area contributed by atoms with Crippen LogP contribution in [0.3, 0.4) is 0 Å². The number of hydrogen-bond donors (Lipinski definition) is 0. The fourth-order valence-corrected chi connectivity index (χ4v) is 6.42. The Bertz CT molecular complexity index is 713. The number of hydrazone groups is 1. The topological polar surface area (TPSA) is 32.7 Å². The lowest BCUT2D eigenvalue weighted by molar-refractivity contribution is -0.117.